The van der Waals surface area contributed by atoms with Crippen molar-refractivity contribution in [2.45, 2.75) is 19.4 Å². The number of aryl methyl sites for hydroxylation is 1. The summed E-state index contributed by atoms with van der Waals surface area (Å²) < 4.78 is 5.23. The number of methoxy groups -OCH3 is 1. The molecule has 7 heteroatoms. The topological polar surface area (TPSA) is 79.7 Å². The Labute approximate surface area is 219 Å². The average Bonchev–Trinajstić information content (AvgIpc) is 3.45. The zero-order valence-corrected chi connectivity index (χ0v) is 21.4. The molecule has 6 nitrogen and oxygen atoms in total. The molecule has 0 aliphatic carbocycles. The second-order valence-corrected chi connectivity index (χ2v) is 9.80. The van der Waals surface area contributed by atoms with Gasteiger partial charge in [0.2, 0.25) is 5.78 Å². The van der Waals surface area contributed by atoms with Crippen LogP contribution in [0.3, 0.4) is 0 Å². The zero-order valence-electron chi connectivity index (χ0n) is 20.5. The molecule has 0 saturated heterocycles. The number of ketones is 1. The summed E-state index contributed by atoms with van der Waals surface area (Å²) in [6.07, 6.45) is 0.561. The highest BCUT2D eigenvalue weighted by Crippen LogP contribution is 2.41. The Balaban J connectivity index is 1.49. The quantitative estimate of drug-likeness (QED) is 0.297. The second-order valence-electron chi connectivity index (χ2n) is 8.80. The fraction of sp³-hybridized carbons (Fsp3) is 0.167. The Morgan fingerprint density at radius 2 is 1.65 bits per heavy atom. The van der Waals surface area contributed by atoms with Gasteiger partial charge in [0.1, 0.15) is 10.8 Å². The lowest BCUT2D eigenvalue weighted by Gasteiger charge is -2.27. The summed E-state index contributed by atoms with van der Waals surface area (Å²) in [5.74, 6) is -0.659. The lowest BCUT2D eigenvalue weighted by Crippen LogP contribution is -2.33. The molecular weight excluding hydrogens is 484 g/mol. The molecule has 1 atom stereocenters. The Hall–Kier alpha value is -4.23. The normalized spacial score (nSPS) is 15.4. The number of hydrogen-bond acceptors (Lipinski definition) is 6. The molecule has 1 aromatic heterocycles. The minimum absolute atomic E-state index is 0.0947. The molecule has 0 saturated carbocycles. The van der Waals surface area contributed by atoms with E-state index in [9.17, 15) is 14.7 Å². The molecule has 186 valence electrons. The highest BCUT2D eigenvalue weighted by molar-refractivity contribution is 7.17. The number of nitrogens with zero attached hydrogens (tertiary/aromatic N) is 2. The number of hydrogen-bond donors (Lipinski definition) is 1. The predicted octanol–water partition coefficient (Wildman–Crippen LogP) is 5.95. The summed E-state index contributed by atoms with van der Waals surface area (Å²) in [6, 6.07) is 26.0. The third-order valence-electron chi connectivity index (χ3n) is 6.49. The van der Waals surface area contributed by atoms with Crippen LogP contribution in [-0.2, 0) is 11.2 Å². The molecule has 1 unspecified atom stereocenters. The van der Waals surface area contributed by atoms with E-state index in [4.69, 9.17) is 4.74 Å². The van der Waals surface area contributed by atoms with Gasteiger partial charge in [0.05, 0.1) is 29.3 Å². The molecule has 3 aromatic carbocycles. The molecule has 0 spiro atoms. The van der Waals surface area contributed by atoms with Gasteiger partial charge in [-0.05, 0) is 36.6 Å². The second kappa shape index (κ2) is 10.4. The number of amides is 1. The Morgan fingerprint density at radius 1 is 1.00 bits per heavy atom. The summed E-state index contributed by atoms with van der Waals surface area (Å²) in [5, 5.41) is 11.7. The van der Waals surface area contributed by atoms with E-state index in [-0.39, 0.29) is 11.4 Å². The van der Waals surface area contributed by atoms with Crippen molar-refractivity contribution in [1.29, 1.82) is 0 Å². The lowest BCUT2D eigenvalue weighted by molar-refractivity contribution is -0.129. The van der Waals surface area contributed by atoms with Gasteiger partial charge in [-0.1, -0.05) is 72.8 Å². The summed E-state index contributed by atoms with van der Waals surface area (Å²) >= 11 is 1.28. The highest BCUT2D eigenvalue weighted by atomic mass is 32.1. The lowest BCUT2D eigenvalue weighted by atomic mass is 9.95. The van der Waals surface area contributed by atoms with E-state index >= 15 is 0 Å². The number of aliphatic hydroxyl groups excluding tert-OH is 1. The monoisotopic (exact) mass is 510 g/mol. The first-order valence-electron chi connectivity index (χ1n) is 12.0. The number of carbonyl (C=O) groups is 2. The fourth-order valence-corrected chi connectivity index (χ4v) is 5.60. The third-order valence-corrected chi connectivity index (χ3v) is 7.69. The fourth-order valence-electron chi connectivity index (χ4n) is 4.57. The van der Waals surface area contributed by atoms with Gasteiger partial charge in [-0.25, -0.2) is 4.98 Å². The van der Waals surface area contributed by atoms with Gasteiger partial charge in [0.15, 0.2) is 5.76 Å². The van der Waals surface area contributed by atoms with E-state index in [2.05, 4.69) is 4.98 Å². The number of carbonyl (C=O) groups excluding carboxylic acids is 2. The van der Waals surface area contributed by atoms with Crippen LogP contribution in [0.4, 0.5) is 0 Å². The third kappa shape index (κ3) is 4.78. The maximum atomic E-state index is 13.9. The summed E-state index contributed by atoms with van der Waals surface area (Å²) in [5.41, 5.74) is 3.37. The van der Waals surface area contributed by atoms with E-state index in [1.54, 1.807) is 18.9 Å². The molecule has 1 aliphatic heterocycles. The molecule has 1 amide bonds. The summed E-state index contributed by atoms with van der Waals surface area (Å²) in [7, 11) is 1.61. The van der Waals surface area contributed by atoms with Gasteiger partial charge in [-0.3, -0.25) is 9.59 Å². The van der Waals surface area contributed by atoms with Crippen molar-refractivity contribution < 1.29 is 19.4 Å². The van der Waals surface area contributed by atoms with Gasteiger partial charge in [-0.15, -0.1) is 11.3 Å². The van der Waals surface area contributed by atoms with Gasteiger partial charge in [-0.2, -0.15) is 0 Å². The van der Waals surface area contributed by atoms with E-state index < -0.39 is 17.7 Å². The van der Waals surface area contributed by atoms with E-state index in [1.807, 2.05) is 84.9 Å². The molecule has 0 fully saturated rings. The minimum atomic E-state index is -0.693. The number of ether oxygens (including phenoxy) is 1. The van der Waals surface area contributed by atoms with Crippen LogP contribution in [0.2, 0.25) is 0 Å². The van der Waals surface area contributed by atoms with Crippen LogP contribution >= 0.6 is 11.3 Å². The first kappa shape index (κ1) is 24.5. The van der Waals surface area contributed by atoms with Gasteiger partial charge in [0.25, 0.3) is 5.91 Å². The van der Waals surface area contributed by atoms with Crippen molar-refractivity contribution in [3.05, 3.63) is 118 Å². The largest absolute Gasteiger partial charge is 0.503 e. The molecule has 2 heterocycles. The number of thiazole rings is 1. The molecule has 1 N–H and O–H groups in total. The molecule has 5 rings (SSSR count). The van der Waals surface area contributed by atoms with Crippen molar-refractivity contribution in [3.63, 3.8) is 0 Å². The SMILES string of the molecule is COc1ccc(CCN2C(=O)C(O)=C(C(=O)c3sc(-c4ccccc4)nc3C)C2c2ccccc2)cc1. The number of benzene rings is 3. The molecule has 0 radical (unpaired) electrons. The van der Waals surface area contributed by atoms with Crippen LogP contribution in [0.25, 0.3) is 10.6 Å². The molecule has 0 bridgehead atoms. The van der Waals surface area contributed by atoms with Crippen molar-refractivity contribution in [2.24, 2.45) is 0 Å². The smallest absolute Gasteiger partial charge is 0.290 e. The Bertz CT molecular complexity index is 1460. The number of rotatable bonds is 8. The average molecular weight is 511 g/mol. The van der Waals surface area contributed by atoms with Crippen LogP contribution in [-0.4, -0.2) is 40.3 Å². The van der Waals surface area contributed by atoms with Crippen LogP contribution < -0.4 is 4.74 Å². The number of aliphatic hydroxyl groups is 1. The van der Waals surface area contributed by atoms with Crippen molar-refractivity contribution >= 4 is 23.0 Å². The molecule has 37 heavy (non-hydrogen) atoms. The van der Waals surface area contributed by atoms with Crippen LogP contribution in [0.5, 0.6) is 5.75 Å². The van der Waals surface area contributed by atoms with E-state index in [0.717, 1.165) is 27.4 Å². The van der Waals surface area contributed by atoms with Crippen LogP contribution in [0, 0.1) is 6.92 Å². The Kier molecular flexibility index (Phi) is 6.88. The first-order chi connectivity index (χ1) is 18.0. The van der Waals surface area contributed by atoms with Gasteiger partial charge in [0, 0.05) is 12.1 Å². The summed E-state index contributed by atoms with van der Waals surface area (Å²) in [6.45, 7) is 2.12. The first-order valence-corrected chi connectivity index (χ1v) is 12.8. The molecule has 4 aromatic rings. The van der Waals surface area contributed by atoms with Crippen molar-refractivity contribution in [1.82, 2.24) is 9.88 Å². The maximum Gasteiger partial charge on any atom is 0.290 e. The van der Waals surface area contributed by atoms with Crippen LogP contribution in [0.15, 0.2) is 96.3 Å². The van der Waals surface area contributed by atoms with E-state index in [0.29, 0.717) is 23.5 Å². The Morgan fingerprint density at radius 3 is 2.30 bits per heavy atom. The van der Waals surface area contributed by atoms with Gasteiger partial charge >= 0.3 is 0 Å². The maximum absolute atomic E-state index is 13.9. The molecular formula is C30H26N2O4S. The highest BCUT2D eigenvalue weighted by Gasteiger charge is 2.44. The number of Topliss-reactive ketones (excluding diaryl/α,β-unsaturated/α-hetero) is 1. The van der Waals surface area contributed by atoms with Crippen molar-refractivity contribution in [3.8, 4) is 16.3 Å². The predicted molar refractivity (Wildman–Crippen MR) is 144 cm³/mol. The van der Waals surface area contributed by atoms with Crippen molar-refractivity contribution in [2.75, 3.05) is 13.7 Å². The zero-order chi connectivity index (χ0) is 25.9. The summed E-state index contributed by atoms with van der Waals surface area (Å²) in [4.78, 5) is 33.8. The van der Waals surface area contributed by atoms with E-state index in [1.165, 1.54) is 11.3 Å². The number of aromatic nitrogens is 1. The van der Waals surface area contributed by atoms with Crippen LogP contribution in [0.1, 0.15) is 32.5 Å². The minimum Gasteiger partial charge on any atom is -0.503 e. The molecule has 1 aliphatic rings. The standard InChI is InChI=1S/C30H26N2O4S/c1-19-28(37-29(31-19)22-11-7-4-8-12-22)26(33)24-25(21-9-5-3-6-10-21)32(30(35)27(24)34)18-17-20-13-15-23(36-2)16-14-20/h3-16,25,34H,17-18H2,1-2H3. The van der Waals surface area contributed by atoms with Gasteiger partial charge < -0.3 is 14.7 Å².